The summed E-state index contributed by atoms with van der Waals surface area (Å²) in [5, 5.41) is 3.28. The zero-order valence-electron chi connectivity index (χ0n) is 11.4. The van der Waals surface area contributed by atoms with Gasteiger partial charge in [0.15, 0.2) is 0 Å². The lowest BCUT2D eigenvalue weighted by atomic mass is 9.90. The molecular weight excluding hydrogens is 232 g/mol. The van der Waals surface area contributed by atoms with Crippen LogP contribution in [0.1, 0.15) is 26.2 Å². The van der Waals surface area contributed by atoms with Crippen molar-refractivity contribution in [1.29, 1.82) is 0 Å². The van der Waals surface area contributed by atoms with E-state index >= 15 is 0 Å². The van der Waals surface area contributed by atoms with Gasteiger partial charge in [0.25, 0.3) is 5.91 Å². The number of nitrogens with zero attached hydrogens (tertiary/aromatic N) is 1. The van der Waals surface area contributed by atoms with E-state index in [1.54, 1.807) is 7.11 Å². The fourth-order valence-electron chi connectivity index (χ4n) is 2.77. The van der Waals surface area contributed by atoms with Crippen LogP contribution in [0.3, 0.4) is 0 Å². The SMILES string of the molecule is CC[C@@H]1CN(C(=O)C2(OC)CCNCC2)CCO1. The van der Waals surface area contributed by atoms with Gasteiger partial charge in [-0.3, -0.25) is 4.79 Å². The van der Waals surface area contributed by atoms with Crippen LogP contribution < -0.4 is 5.32 Å². The van der Waals surface area contributed by atoms with Crippen molar-refractivity contribution in [3.63, 3.8) is 0 Å². The quantitative estimate of drug-likeness (QED) is 0.794. The van der Waals surface area contributed by atoms with Gasteiger partial charge in [-0.1, -0.05) is 6.92 Å². The van der Waals surface area contributed by atoms with Gasteiger partial charge in [0.2, 0.25) is 0 Å². The molecule has 2 heterocycles. The van der Waals surface area contributed by atoms with Crippen LogP contribution in [0, 0.1) is 0 Å². The van der Waals surface area contributed by atoms with Crippen LogP contribution >= 0.6 is 0 Å². The van der Waals surface area contributed by atoms with Crippen LogP contribution in [0.4, 0.5) is 0 Å². The van der Waals surface area contributed by atoms with E-state index in [9.17, 15) is 4.79 Å². The van der Waals surface area contributed by atoms with E-state index in [2.05, 4.69) is 12.2 Å². The number of rotatable bonds is 3. The molecule has 1 atom stereocenters. The molecule has 2 aliphatic heterocycles. The molecule has 104 valence electrons. The fraction of sp³-hybridized carbons (Fsp3) is 0.923. The summed E-state index contributed by atoms with van der Waals surface area (Å²) in [5.41, 5.74) is -0.610. The summed E-state index contributed by atoms with van der Waals surface area (Å²) in [4.78, 5) is 14.6. The van der Waals surface area contributed by atoms with Crippen molar-refractivity contribution < 1.29 is 14.3 Å². The Bertz CT molecular complexity index is 290. The summed E-state index contributed by atoms with van der Waals surface area (Å²) in [5.74, 6) is 0.147. The van der Waals surface area contributed by atoms with E-state index in [0.717, 1.165) is 32.4 Å². The van der Waals surface area contributed by atoms with Gasteiger partial charge in [0, 0.05) is 20.2 Å². The Hall–Kier alpha value is -0.650. The lowest BCUT2D eigenvalue weighted by molar-refractivity contribution is -0.165. The molecule has 2 fully saturated rings. The zero-order chi connectivity index (χ0) is 13.0. The molecule has 18 heavy (non-hydrogen) atoms. The minimum absolute atomic E-state index is 0.147. The third-order valence-corrected chi connectivity index (χ3v) is 4.07. The first-order valence-corrected chi connectivity index (χ1v) is 6.88. The van der Waals surface area contributed by atoms with Crippen molar-refractivity contribution in [3.05, 3.63) is 0 Å². The Kier molecular flexibility index (Phi) is 4.59. The minimum Gasteiger partial charge on any atom is -0.375 e. The van der Waals surface area contributed by atoms with Crippen LogP contribution in [0.25, 0.3) is 0 Å². The molecule has 1 amide bonds. The number of ether oxygens (including phenoxy) is 2. The Morgan fingerprint density at radius 1 is 1.50 bits per heavy atom. The Balaban J connectivity index is 2.04. The molecule has 0 bridgehead atoms. The number of morpholine rings is 1. The average Bonchev–Trinajstić information content (AvgIpc) is 2.47. The maximum atomic E-state index is 12.7. The van der Waals surface area contributed by atoms with Crippen molar-refractivity contribution >= 4 is 5.91 Å². The molecule has 0 aliphatic carbocycles. The molecule has 0 aromatic rings. The normalized spacial score (nSPS) is 28.1. The number of carbonyl (C=O) groups excluding carboxylic acids is 1. The predicted molar refractivity (Wildman–Crippen MR) is 68.5 cm³/mol. The van der Waals surface area contributed by atoms with Crippen LogP contribution in [0.2, 0.25) is 0 Å². The van der Waals surface area contributed by atoms with Crippen LogP contribution in [0.5, 0.6) is 0 Å². The number of amides is 1. The van der Waals surface area contributed by atoms with Gasteiger partial charge in [-0.25, -0.2) is 0 Å². The van der Waals surface area contributed by atoms with E-state index in [1.165, 1.54) is 0 Å². The summed E-state index contributed by atoms with van der Waals surface area (Å²) < 4.78 is 11.2. The fourth-order valence-corrected chi connectivity index (χ4v) is 2.77. The molecule has 2 rings (SSSR count). The van der Waals surface area contributed by atoms with Gasteiger partial charge in [-0.2, -0.15) is 0 Å². The van der Waals surface area contributed by atoms with Gasteiger partial charge < -0.3 is 19.7 Å². The van der Waals surface area contributed by atoms with E-state index in [1.807, 2.05) is 4.90 Å². The number of methoxy groups -OCH3 is 1. The molecule has 5 heteroatoms. The van der Waals surface area contributed by atoms with E-state index in [0.29, 0.717) is 19.7 Å². The van der Waals surface area contributed by atoms with Crippen LogP contribution in [0.15, 0.2) is 0 Å². The summed E-state index contributed by atoms with van der Waals surface area (Å²) >= 11 is 0. The van der Waals surface area contributed by atoms with E-state index in [4.69, 9.17) is 9.47 Å². The first-order valence-electron chi connectivity index (χ1n) is 6.88. The molecule has 0 unspecified atom stereocenters. The number of piperidine rings is 1. The highest BCUT2D eigenvalue weighted by molar-refractivity contribution is 5.85. The van der Waals surface area contributed by atoms with Gasteiger partial charge in [-0.15, -0.1) is 0 Å². The number of hydrogen-bond acceptors (Lipinski definition) is 4. The van der Waals surface area contributed by atoms with Crippen molar-refractivity contribution in [1.82, 2.24) is 10.2 Å². The van der Waals surface area contributed by atoms with E-state index < -0.39 is 5.60 Å². The van der Waals surface area contributed by atoms with Gasteiger partial charge in [0.05, 0.1) is 12.7 Å². The molecule has 0 radical (unpaired) electrons. The molecule has 2 saturated heterocycles. The van der Waals surface area contributed by atoms with Gasteiger partial charge in [0.1, 0.15) is 5.60 Å². The summed E-state index contributed by atoms with van der Waals surface area (Å²) in [6, 6.07) is 0. The second-order valence-corrected chi connectivity index (χ2v) is 5.10. The zero-order valence-corrected chi connectivity index (χ0v) is 11.4. The lowest BCUT2D eigenvalue weighted by Crippen LogP contribution is -2.58. The largest absolute Gasteiger partial charge is 0.375 e. The van der Waals surface area contributed by atoms with Crippen molar-refractivity contribution in [2.45, 2.75) is 37.9 Å². The third-order valence-electron chi connectivity index (χ3n) is 4.07. The molecule has 0 aromatic heterocycles. The summed E-state index contributed by atoms with van der Waals surface area (Å²) in [6.07, 6.45) is 2.65. The highest BCUT2D eigenvalue weighted by Gasteiger charge is 2.43. The Morgan fingerprint density at radius 3 is 2.83 bits per heavy atom. The Labute approximate surface area is 109 Å². The molecular formula is C13H24N2O3. The topological polar surface area (TPSA) is 50.8 Å². The maximum Gasteiger partial charge on any atom is 0.255 e. The van der Waals surface area contributed by atoms with Crippen molar-refractivity contribution in [2.24, 2.45) is 0 Å². The molecule has 0 saturated carbocycles. The Morgan fingerprint density at radius 2 is 2.22 bits per heavy atom. The number of carbonyl (C=O) groups is 1. The molecule has 1 N–H and O–H groups in total. The standard InChI is InChI=1S/C13H24N2O3/c1-3-11-10-15(8-9-18-11)12(16)13(17-2)4-6-14-7-5-13/h11,14H,3-10H2,1-2H3/t11-/m1/s1. The highest BCUT2D eigenvalue weighted by atomic mass is 16.5. The summed E-state index contributed by atoms with van der Waals surface area (Å²) in [7, 11) is 1.65. The molecule has 2 aliphatic rings. The van der Waals surface area contributed by atoms with E-state index in [-0.39, 0.29) is 12.0 Å². The summed E-state index contributed by atoms with van der Waals surface area (Å²) in [6.45, 7) is 5.82. The van der Waals surface area contributed by atoms with Crippen molar-refractivity contribution in [3.8, 4) is 0 Å². The maximum absolute atomic E-state index is 12.7. The number of nitrogens with one attached hydrogen (secondary N) is 1. The smallest absolute Gasteiger partial charge is 0.255 e. The second-order valence-electron chi connectivity index (χ2n) is 5.10. The third kappa shape index (κ3) is 2.68. The average molecular weight is 256 g/mol. The number of hydrogen-bond donors (Lipinski definition) is 1. The van der Waals surface area contributed by atoms with Crippen molar-refractivity contribution in [2.75, 3.05) is 39.9 Å². The highest BCUT2D eigenvalue weighted by Crippen LogP contribution is 2.26. The molecule has 0 aromatic carbocycles. The lowest BCUT2D eigenvalue weighted by Gasteiger charge is -2.41. The first-order chi connectivity index (χ1) is 8.72. The monoisotopic (exact) mass is 256 g/mol. The van der Waals surface area contributed by atoms with Crippen LogP contribution in [-0.2, 0) is 14.3 Å². The predicted octanol–water partition coefficient (Wildman–Crippen LogP) is 0.392. The molecule has 0 spiro atoms. The second kappa shape index (κ2) is 5.99. The van der Waals surface area contributed by atoms with Crippen LogP contribution in [-0.4, -0.2) is 62.4 Å². The molecule has 5 nitrogen and oxygen atoms in total. The minimum atomic E-state index is -0.610. The van der Waals surface area contributed by atoms with Gasteiger partial charge in [-0.05, 0) is 32.4 Å². The first kappa shape index (κ1) is 13.8. The van der Waals surface area contributed by atoms with Gasteiger partial charge >= 0.3 is 0 Å².